The summed E-state index contributed by atoms with van der Waals surface area (Å²) >= 11 is 0. The average molecular weight is 902 g/mol. The lowest BCUT2D eigenvalue weighted by atomic mass is 9.80. The number of ether oxygens (including phenoxy) is 12. The lowest BCUT2D eigenvalue weighted by Gasteiger charge is -2.36. The maximum absolute atomic E-state index is 11.4. The Morgan fingerprint density at radius 2 is 0.641 bits per heavy atom. The van der Waals surface area contributed by atoms with Crippen LogP contribution in [0.4, 0.5) is 0 Å². The minimum Gasteiger partial charge on any atom is -0.481 e. The maximum Gasteiger partial charge on any atom is 0.303 e. The third-order valence-electron chi connectivity index (χ3n) is 9.16. The van der Waals surface area contributed by atoms with Crippen molar-refractivity contribution >= 4 is 11.9 Å². The van der Waals surface area contributed by atoms with E-state index >= 15 is 0 Å². The topological polar surface area (TPSA) is 177 Å². The van der Waals surface area contributed by atoms with Crippen LogP contribution in [0.1, 0.15) is 36.0 Å². The Morgan fingerprint density at radius 1 is 0.375 bits per heavy atom. The van der Waals surface area contributed by atoms with E-state index in [4.69, 9.17) is 61.9 Å². The molecule has 3 aromatic rings. The van der Waals surface area contributed by atoms with Crippen molar-refractivity contribution in [1.82, 2.24) is 5.32 Å². The first-order valence-electron chi connectivity index (χ1n) is 22.3. The van der Waals surface area contributed by atoms with Gasteiger partial charge in [0.05, 0.1) is 152 Å². The minimum atomic E-state index is -0.985. The van der Waals surface area contributed by atoms with Gasteiger partial charge in [0.15, 0.2) is 0 Å². The molecule has 0 aliphatic carbocycles. The molecule has 1 amide bonds. The number of aliphatic carboxylic acids is 1. The van der Waals surface area contributed by atoms with Gasteiger partial charge in [-0.05, 0) is 23.1 Å². The summed E-state index contributed by atoms with van der Waals surface area (Å²) in [7, 11) is 0. The number of carboxylic acids is 1. The Hall–Kier alpha value is -3.88. The van der Waals surface area contributed by atoms with Crippen molar-refractivity contribution in [3.63, 3.8) is 0 Å². The normalized spacial score (nSPS) is 11.6. The first-order valence-corrected chi connectivity index (χ1v) is 22.3. The summed E-state index contributed by atoms with van der Waals surface area (Å²) in [5.74, 6) is -1.25. The molecule has 2 N–H and O–H groups in total. The number of hydrogen-bond donors (Lipinski definition) is 2. The second-order valence-electron chi connectivity index (χ2n) is 14.0. The summed E-state index contributed by atoms with van der Waals surface area (Å²) in [6, 6.07) is 30.9. The molecule has 16 nitrogen and oxygen atoms in total. The third-order valence-corrected chi connectivity index (χ3v) is 9.16. The molecule has 3 rings (SSSR count). The Bertz CT molecular complexity index is 1430. The Morgan fingerprint density at radius 3 is 0.922 bits per heavy atom. The second kappa shape index (κ2) is 38.4. The van der Waals surface area contributed by atoms with E-state index in [0.717, 1.165) is 16.7 Å². The molecule has 3 aromatic carbocycles. The molecule has 0 saturated heterocycles. The van der Waals surface area contributed by atoms with Crippen molar-refractivity contribution in [3.05, 3.63) is 108 Å². The number of rotatable bonds is 44. The van der Waals surface area contributed by atoms with Crippen LogP contribution < -0.4 is 5.32 Å². The van der Waals surface area contributed by atoms with Crippen molar-refractivity contribution < 1.29 is 71.5 Å². The summed E-state index contributed by atoms with van der Waals surface area (Å²) in [5, 5.41) is 11.2. The molecule has 0 aliphatic heterocycles. The molecule has 0 spiro atoms. The summed E-state index contributed by atoms with van der Waals surface area (Å²) in [6.45, 7) is 11.2. The van der Waals surface area contributed by atoms with Crippen LogP contribution in [0.5, 0.6) is 0 Å². The number of carbonyl (C=O) groups is 2. The Labute approximate surface area is 379 Å². The lowest BCUT2D eigenvalue weighted by Crippen LogP contribution is -2.34. The summed E-state index contributed by atoms with van der Waals surface area (Å²) < 4.78 is 67.8. The predicted octanol–water partition coefficient (Wildman–Crippen LogP) is 4.55. The number of carboxylic acid groups (broad SMARTS) is 1. The zero-order valence-corrected chi connectivity index (χ0v) is 37.4. The van der Waals surface area contributed by atoms with E-state index in [-0.39, 0.29) is 18.7 Å². The van der Waals surface area contributed by atoms with Gasteiger partial charge in [-0.25, -0.2) is 0 Å². The Balaban J connectivity index is 0.990. The van der Waals surface area contributed by atoms with E-state index in [1.165, 1.54) is 0 Å². The number of nitrogens with one attached hydrogen (secondary N) is 1. The molecule has 0 fully saturated rings. The Kier molecular flexibility index (Phi) is 32.7. The van der Waals surface area contributed by atoms with Crippen LogP contribution in [0.2, 0.25) is 0 Å². The van der Waals surface area contributed by atoms with Crippen molar-refractivity contribution in [3.8, 4) is 0 Å². The second-order valence-corrected chi connectivity index (χ2v) is 14.0. The predicted molar refractivity (Wildman–Crippen MR) is 239 cm³/mol. The van der Waals surface area contributed by atoms with Gasteiger partial charge < -0.3 is 67.3 Å². The smallest absolute Gasteiger partial charge is 0.303 e. The van der Waals surface area contributed by atoms with E-state index < -0.39 is 11.6 Å². The zero-order chi connectivity index (χ0) is 45.3. The van der Waals surface area contributed by atoms with E-state index in [1.807, 2.05) is 54.6 Å². The van der Waals surface area contributed by atoms with Crippen LogP contribution in [-0.4, -0.2) is 175 Å². The fourth-order valence-electron chi connectivity index (χ4n) is 6.03. The van der Waals surface area contributed by atoms with Gasteiger partial charge in [-0.3, -0.25) is 9.59 Å². The molecule has 64 heavy (non-hydrogen) atoms. The minimum absolute atomic E-state index is 0.0139. The summed E-state index contributed by atoms with van der Waals surface area (Å²) in [6.07, 6.45) is 0.466. The van der Waals surface area contributed by atoms with E-state index in [9.17, 15) is 9.59 Å². The molecule has 0 unspecified atom stereocenters. The van der Waals surface area contributed by atoms with Gasteiger partial charge >= 0.3 is 5.97 Å². The quantitative estimate of drug-likeness (QED) is 0.0597. The summed E-state index contributed by atoms with van der Waals surface area (Å²) in [5.41, 5.74) is 2.42. The van der Waals surface area contributed by atoms with Gasteiger partial charge in [0.1, 0.15) is 5.60 Å². The zero-order valence-electron chi connectivity index (χ0n) is 37.4. The van der Waals surface area contributed by atoms with Crippen LogP contribution in [0.3, 0.4) is 0 Å². The van der Waals surface area contributed by atoms with Crippen LogP contribution in [-0.2, 0) is 72.0 Å². The number of carbonyl (C=O) groups excluding carboxylic acids is 1. The van der Waals surface area contributed by atoms with Crippen molar-refractivity contribution in [2.45, 2.75) is 24.9 Å². The van der Waals surface area contributed by atoms with Crippen LogP contribution in [0.15, 0.2) is 91.0 Å². The van der Waals surface area contributed by atoms with E-state index in [2.05, 4.69) is 41.7 Å². The van der Waals surface area contributed by atoms with E-state index in [0.29, 0.717) is 165 Å². The molecular formula is C48H71NO15. The van der Waals surface area contributed by atoms with E-state index in [1.54, 1.807) is 0 Å². The fraction of sp³-hybridized carbons (Fsp3) is 0.583. The highest BCUT2D eigenvalue weighted by atomic mass is 16.6. The van der Waals surface area contributed by atoms with Crippen molar-refractivity contribution in [2.75, 3.05) is 159 Å². The highest BCUT2D eigenvalue weighted by Gasteiger charge is 2.37. The van der Waals surface area contributed by atoms with Crippen LogP contribution >= 0.6 is 0 Å². The fourth-order valence-corrected chi connectivity index (χ4v) is 6.03. The largest absolute Gasteiger partial charge is 0.481 e. The molecular weight excluding hydrogens is 831 g/mol. The first kappa shape index (κ1) is 54.5. The first-order chi connectivity index (χ1) is 31.6. The highest BCUT2D eigenvalue weighted by molar-refractivity contribution is 5.80. The molecule has 16 heteroatoms. The summed E-state index contributed by atoms with van der Waals surface area (Å²) in [4.78, 5) is 21.8. The molecule has 358 valence electrons. The number of amides is 1. The van der Waals surface area contributed by atoms with Gasteiger partial charge in [-0.15, -0.1) is 0 Å². The standard InChI is InChI=1S/C48H71NO15/c50-46(17-18-47(51)52)49-19-10-20-53-21-22-54-23-24-55-25-26-56-27-28-57-29-30-58-31-32-59-33-34-60-35-36-61-37-38-62-39-40-63-41-42-64-48(43-11-4-1-5-12-43,44-13-6-2-7-14-44)45-15-8-3-9-16-45/h1-9,11-16H,10,17-42H2,(H,49,50)(H,51,52). The molecule has 0 saturated carbocycles. The van der Waals surface area contributed by atoms with Gasteiger partial charge in [0, 0.05) is 19.6 Å². The van der Waals surface area contributed by atoms with Crippen LogP contribution in [0, 0.1) is 0 Å². The number of hydrogen-bond acceptors (Lipinski definition) is 14. The molecule has 0 radical (unpaired) electrons. The molecule has 0 heterocycles. The van der Waals surface area contributed by atoms with Gasteiger partial charge in [-0.2, -0.15) is 0 Å². The third kappa shape index (κ3) is 26.2. The molecule has 0 atom stereocenters. The highest BCUT2D eigenvalue weighted by Crippen LogP contribution is 2.40. The van der Waals surface area contributed by atoms with Crippen molar-refractivity contribution in [2.24, 2.45) is 0 Å². The average Bonchev–Trinajstić information content (AvgIpc) is 3.32. The van der Waals surface area contributed by atoms with Crippen LogP contribution in [0.25, 0.3) is 0 Å². The maximum atomic E-state index is 11.4. The lowest BCUT2D eigenvalue weighted by molar-refractivity contribution is -0.138. The molecule has 0 aromatic heterocycles. The van der Waals surface area contributed by atoms with Gasteiger partial charge in [-0.1, -0.05) is 91.0 Å². The molecule has 0 bridgehead atoms. The monoisotopic (exact) mass is 901 g/mol. The van der Waals surface area contributed by atoms with Gasteiger partial charge in [0.2, 0.25) is 5.91 Å². The molecule has 0 aliphatic rings. The van der Waals surface area contributed by atoms with Crippen molar-refractivity contribution in [1.29, 1.82) is 0 Å². The SMILES string of the molecule is O=C(O)CCC(=O)NCCCOCCOCCOCCOCCOCCOCCOCCOCCOCCOCCOCCOC(c1ccccc1)(c1ccccc1)c1ccccc1. The van der Waals surface area contributed by atoms with Gasteiger partial charge in [0.25, 0.3) is 0 Å². The number of benzene rings is 3.